The van der Waals surface area contributed by atoms with Gasteiger partial charge in [-0.3, -0.25) is 9.78 Å². The molecule has 110 valence electrons. The number of nitrogens with zero attached hydrogens (tertiary/aromatic N) is 1. The summed E-state index contributed by atoms with van der Waals surface area (Å²) >= 11 is 6.08. The molecule has 21 heavy (non-hydrogen) atoms. The lowest BCUT2D eigenvalue weighted by atomic mass is 10.2. The Labute approximate surface area is 129 Å². The minimum Gasteiger partial charge on any atom is -0.492 e. The molecule has 4 nitrogen and oxygen atoms in total. The zero-order valence-electron chi connectivity index (χ0n) is 12.2. The van der Waals surface area contributed by atoms with Crippen molar-refractivity contribution in [1.82, 2.24) is 4.98 Å². The van der Waals surface area contributed by atoms with Gasteiger partial charge in [-0.2, -0.15) is 0 Å². The quantitative estimate of drug-likeness (QED) is 0.928. The van der Waals surface area contributed by atoms with Crippen molar-refractivity contribution >= 4 is 23.2 Å². The van der Waals surface area contributed by atoms with Crippen LogP contribution in [0.25, 0.3) is 0 Å². The van der Waals surface area contributed by atoms with Crippen LogP contribution in [0.15, 0.2) is 30.5 Å². The topological polar surface area (TPSA) is 51.2 Å². The first-order valence-corrected chi connectivity index (χ1v) is 7.06. The van der Waals surface area contributed by atoms with E-state index in [0.29, 0.717) is 28.6 Å². The van der Waals surface area contributed by atoms with Crippen LogP contribution in [-0.4, -0.2) is 17.5 Å². The van der Waals surface area contributed by atoms with Crippen LogP contribution >= 0.6 is 11.6 Å². The standard InChI is InChI=1S/C16H17ClN2O2/c1-4-21-15-7-10(2)5-6-14(15)19-16(20)12-9-18-11(3)8-13(12)17/h5-9H,4H2,1-3H3,(H,19,20). The Bertz CT molecular complexity index is 671. The number of carbonyl (C=O) groups is 1. The van der Waals surface area contributed by atoms with E-state index in [1.807, 2.05) is 39.0 Å². The molecule has 2 aromatic rings. The zero-order chi connectivity index (χ0) is 15.4. The second kappa shape index (κ2) is 6.59. The van der Waals surface area contributed by atoms with Crippen molar-refractivity contribution in [3.05, 3.63) is 52.3 Å². The number of benzene rings is 1. The summed E-state index contributed by atoms with van der Waals surface area (Å²) in [7, 11) is 0. The predicted octanol–water partition coefficient (Wildman–Crippen LogP) is 4.00. The van der Waals surface area contributed by atoms with E-state index in [1.54, 1.807) is 6.07 Å². The van der Waals surface area contributed by atoms with Crippen molar-refractivity contribution in [2.24, 2.45) is 0 Å². The predicted molar refractivity (Wildman–Crippen MR) is 84.3 cm³/mol. The number of ether oxygens (including phenoxy) is 1. The van der Waals surface area contributed by atoms with E-state index in [0.717, 1.165) is 11.3 Å². The van der Waals surface area contributed by atoms with Gasteiger partial charge in [0.25, 0.3) is 5.91 Å². The number of amides is 1. The Morgan fingerprint density at radius 1 is 1.33 bits per heavy atom. The van der Waals surface area contributed by atoms with Gasteiger partial charge in [-0.05, 0) is 44.5 Å². The number of halogens is 1. The van der Waals surface area contributed by atoms with Gasteiger partial charge in [-0.1, -0.05) is 17.7 Å². The van der Waals surface area contributed by atoms with Crippen LogP contribution in [0.1, 0.15) is 28.5 Å². The fourth-order valence-corrected chi connectivity index (χ4v) is 2.18. The number of hydrogen-bond donors (Lipinski definition) is 1. The summed E-state index contributed by atoms with van der Waals surface area (Å²) < 4.78 is 5.54. The van der Waals surface area contributed by atoms with Gasteiger partial charge >= 0.3 is 0 Å². The summed E-state index contributed by atoms with van der Waals surface area (Å²) in [5.41, 5.74) is 2.78. The normalized spacial score (nSPS) is 10.3. The van der Waals surface area contributed by atoms with Gasteiger partial charge in [0, 0.05) is 11.9 Å². The van der Waals surface area contributed by atoms with Crippen molar-refractivity contribution in [3.8, 4) is 5.75 Å². The highest BCUT2D eigenvalue weighted by molar-refractivity contribution is 6.34. The summed E-state index contributed by atoms with van der Waals surface area (Å²) in [4.78, 5) is 16.4. The molecule has 5 heteroatoms. The van der Waals surface area contributed by atoms with Gasteiger partial charge < -0.3 is 10.1 Å². The molecule has 0 unspecified atom stereocenters. The number of hydrogen-bond acceptors (Lipinski definition) is 3. The number of pyridine rings is 1. The Kier molecular flexibility index (Phi) is 4.81. The number of nitrogens with one attached hydrogen (secondary N) is 1. The molecule has 0 aliphatic heterocycles. The number of carbonyl (C=O) groups excluding carboxylic acids is 1. The number of aromatic nitrogens is 1. The minimum atomic E-state index is -0.308. The molecule has 0 bridgehead atoms. The monoisotopic (exact) mass is 304 g/mol. The molecule has 1 aromatic heterocycles. The van der Waals surface area contributed by atoms with Gasteiger partial charge in [0.2, 0.25) is 0 Å². The maximum absolute atomic E-state index is 12.3. The van der Waals surface area contributed by atoms with Crippen LogP contribution in [0.2, 0.25) is 5.02 Å². The first kappa shape index (κ1) is 15.3. The molecular weight excluding hydrogens is 288 g/mol. The average Bonchev–Trinajstić information content (AvgIpc) is 2.42. The van der Waals surface area contributed by atoms with Crippen LogP contribution in [0.3, 0.4) is 0 Å². The lowest BCUT2D eigenvalue weighted by Crippen LogP contribution is -2.14. The van der Waals surface area contributed by atoms with Gasteiger partial charge in [0.05, 0.1) is 22.9 Å². The van der Waals surface area contributed by atoms with Crippen molar-refractivity contribution in [2.45, 2.75) is 20.8 Å². The van der Waals surface area contributed by atoms with E-state index in [9.17, 15) is 4.79 Å². The fraction of sp³-hybridized carbons (Fsp3) is 0.250. The molecule has 2 rings (SSSR count). The van der Waals surface area contributed by atoms with Gasteiger partial charge in [0.1, 0.15) is 5.75 Å². The van der Waals surface area contributed by atoms with Gasteiger partial charge in [-0.25, -0.2) is 0 Å². The molecule has 0 aliphatic rings. The maximum atomic E-state index is 12.3. The molecule has 1 N–H and O–H groups in total. The zero-order valence-corrected chi connectivity index (χ0v) is 13.0. The van der Waals surface area contributed by atoms with Crippen molar-refractivity contribution in [3.63, 3.8) is 0 Å². The van der Waals surface area contributed by atoms with Crippen molar-refractivity contribution in [1.29, 1.82) is 0 Å². The Hall–Kier alpha value is -2.07. The average molecular weight is 305 g/mol. The van der Waals surface area contributed by atoms with E-state index >= 15 is 0 Å². The number of aryl methyl sites for hydroxylation is 2. The van der Waals surface area contributed by atoms with E-state index in [1.165, 1.54) is 6.20 Å². The lowest BCUT2D eigenvalue weighted by molar-refractivity contribution is 0.102. The van der Waals surface area contributed by atoms with E-state index in [4.69, 9.17) is 16.3 Å². The molecule has 1 amide bonds. The molecular formula is C16H17ClN2O2. The second-order valence-corrected chi connectivity index (χ2v) is 5.10. The number of rotatable bonds is 4. The van der Waals surface area contributed by atoms with E-state index < -0.39 is 0 Å². The third-order valence-corrected chi connectivity index (χ3v) is 3.23. The fourth-order valence-electron chi connectivity index (χ4n) is 1.89. The SMILES string of the molecule is CCOc1cc(C)ccc1NC(=O)c1cnc(C)cc1Cl. The van der Waals surface area contributed by atoms with Crippen LogP contribution in [0.4, 0.5) is 5.69 Å². The largest absolute Gasteiger partial charge is 0.492 e. The summed E-state index contributed by atoms with van der Waals surface area (Å²) in [6, 6.07) is 7.27. The van der Waals surface area contributed by atoms with Crippen LogP contribution in [0.5, 0.6) is 5.75 Å². The van der Waals surface area contributed by atoms with Crippen LogP contribution < -0.4 is 10.1 Å². The second-order valence-electron chi connectivity index (χ2n) is 4.69. The molecule has 1 heterocycles. The molecule has 1 aromatic carbocycles. The number of anilines is 1. The summed E-state index contributed by atoms with van der Waals surface area (Å²) in [5.74, 6) is 0.333. The highest BCUT2D eigenvalue weighted by Gasteiger charge is 2.14. The van der Waals surface area contributed by atoms with Crippen molar-refractivity contribution < 1.29 is 9.53 Å². The van der Waals surface area contributed by atoms with Crippen LogP contribution in [0, 0.1) is 13.8 Å². The molecule has 0 atom stereocenters. The third-order valence-electron chi connectivity index (χ3n) is 2.92. The lowest BCUT2D eigenvalue weighted by Gasteiger charge is -2.13. The van der Waals surface area contributed by atoms with E-state index in [2.05, 4.69) is 10.3 Å². The van der Waals surface area contributed by atoms with Crippen LogP contribution in [-0.2, 0) is 0 Å². The van der Waals surface area contributed by atoms with Gasteiger partial charge in [-0.15, -0.1) is 0 Å². The molecule has 0 radical (unpaired) electrons. The molecule has 0 aliphatic carbocycles. The minimum absolute atomic E-state index is 0.308. The Morgan fingerprint density at radius 2 is 2.10 bits per heavy atom. The third kappa shape index (κ3) is 3.73. The van der Waals surface area contributed by atoms with Gasteiger partial charge in [0.15, 0.2) is 0 Å². The summed E-state index contributed by atoms with van der Waals surface area (Å²) in [5, 5.41) is 3.19. The van der Waals surface area contributed by atoms with Crippen molar-refractivity contribution in [2.75, 3.05) is 11.9 Å². The Balaban J connectivity index is 2.27. The summed E-state index contributed by atoms with van der Waals surface area (Å²) in [6.07, 6.45) is 1.47. The highest BCUT2D eigenvalue weighted by Crippen LogP contribution is 2.27. The van der Waals surface area contributed by atoms with E-state index in [-0.39, 0.29) is 5.91 Å². The summed E-state index contributed by atoms with van der Waals surface area (Å²) in [6.45, 7) is 6.21. The highest BCUT2D eigenvalue weighted by atomic mass is 35.5. The molecule has 0 saturated heterocycles. The first-order chi connectivity index (χ1) is 10.0. The maximum Gasteiger partial charge on any atom is 0.258 e. The smallest absolute Gasteiger partial charge is 0.258 e. The molecule has 0 saturated carbocycles. The molecule has 0 spiro atoms. The molecule has 0 fully saturated rings. The first-order valence-electron chi connectivity index (χ1n) is 6.68. The Morgan fingerprint density at radius 3 is 2.76 bits per heavy atom.